The highest BCUT2D eigenvalue weighted by atomic mass is 32.2. The minimum atomic E-state index is -0.615. The van der Waals surface area contributed by atoms with Crippen molar-refractivity contribution in [2.75, 3.05) is 11.1 Å². The number of rotatable bonds is 1. The molecule has 1 atom stereocenters. The molecular weight excluding hydrogens is 296 g/mol. The van der Waals surface area contributed by atoms with Gasteiger partial charge in [0.25, 0.3) is 0 Å². The van der Waals surface area contributed by atoms with Crippen molar-refractivity contribution in [3.63, 3.8) is 0 Å². The molecule has 1 aromatic carbocycles. The molecule has 0 fully saturated rings. The molecule has 2 heterocycles. The van der Waals surface area contributed by atoms with Gasteiger partial charge in [0.2, 0.25) is 5.91 Å². The summed E-state index contributed by atoms with van der Waals surface area (Å²) in [6.07, 6.45) is 0. The number of anilines is 1. The number of nitrogens with one attached hydrogen (secondary N) is 1. The van der Waals surface area contributed by atoms with Crippen LogP contribution in [0.3, 0.4) is 0 Å². The van der Waals surface area contributed by atoms with Gasteiger partial charge in [-0.1, -0.05) is 6.07 Å². The van der Waals surface area contributed by atoms with Gasteiger partial charge in [-0.25, -0.2) is 8.78 Å². The molecule has 4 nitrogen and oxygen atoms in total. The minimum absolute atomic E-state index is 0.0312. The maximum Gasteiger partial charge on any atom is 0.235 e. The number of thioether (sulfide) groups is 1. The molecule has 0 bridgehead atoms. The van der Waals surface area contributed by atoms with Crippen LogP contribution < -0.4 is 5.32 Å². The highest BCUT2D eigenvalue weighted by molar-refractivity contribution is 8.00. The molecule has 0 radical (unpaired) electrons. The van der Waals surface area contributed by atoms with Crippen molar-refractivity contribution in [3.8, 4) is 0 Å². The maximum absolute atomic E-state index is 14.1. The second-order valence-electron chi connectivity index (χ2n) is 4.85. The van der Waals surface area contributed by atoms with Crippen LogP contribution in [-0.2, 0) is 11.8 Å². The summed E-state index contributed by atoms with van der Waals surface area (Å²) in [7, 11) is 1.69. The number of hydrogen-bond acceptors (Lipinski definition) is 3. The normalized spacial score (nSPS) is 18.1. The molecule has 1 N–H and O–H groups in total. The van der Waals surface area contributed by atoms with Crippen LogP contribution in [0, 0.1) is 18.6 Å². The van der Waals surface area contributed by atoms with Gasteiger partial charge in [0.05, 0.1) is 16.7 Å². The Hall–Kier alpha value is -1.89. The molecule has 0 unspecified atom stereocenters. The van der Waals surface area contributed by atoms with E-state index in [0.29, 0.717) is 17.1 Å². The summed E-state index contributed by atoms with van der Waals surface area (Å²) in [4.78, 5) is 11.8. The first-order chi connectivity index (χ1) is 9.99. The van der Waals surface area contributed by atoms with Crippen molar-refractivity contribution in [2.24, 2.45) is 7.05 Å². The predicted octanol–water partition coefficient (Wildman–Crippen LogP) is 2.78. The minimum Gasteiger partial charge on any atom is -0.310 e. The molecule has 110 valence electrons. The first-order valence-corrected chi connectivity index (χ1v) is 7.42. The molecule has 0 aliphatic carbocycles. The SMILES string of the molecule is Cc1nn(C)c2c1[C@H](c1c(F)cccc1F)SCC(=O)N2. The van der Waals surface area contributed by atoms with Gasteiger partial charge in [0.1, 0.15) is 17.5 Å². The fourth-order valence-electron chi connectivity index (χ4n) is 2.54. The van der Waals surface area contributed by atoms with E-state index >= 15 is 0 Å². The summed E-state index contributed by atoms with van der Waals surface area (Å²) >= 11 is 1.20. The smallest absolute Gasteiger partial charge is 0.235 e. The lowest BCUT2D eigenvalue weighted by molar-refractivity contribution is -0.113. The molecule has 3 rings (SSSR count). The third kappa shape index (κ3) is 2.31. The van der Waals surface area contributed by atoms with Gasteiger partial charge >= 0.3 is 0 Å². The number of benzene rings is 1. The Kier molecular flexibility index (Phi) is 3.44. The Bertz CT molecular complexity index is 709. The average Bonchev–Trinajstić information content (AvgIpc) is 2.59. The third-order valence-electron chi connectivity index (χ3n) is 3.43. The molecule has 0 spiro atoms. The van der Waals surface area contributed by atoms with Crippen LogP contribution in [0.4, 0.5) is 14.6 Å². The zero-order chi connectivity index (χ0) is 15.1. The Labute approximate surface area is 124 Å². The highest BCUT2D eigenvalue weighted by Crippen LogP contribution is 2.44. The largest absolute Gasteiger partial charge is 0.310 e. The van der Waals surface area contributed by atoms with Crippen LogP contribution in [-0.4, -0.2) is 21.4 Å². The Morgan fingerprint density at radius 1 is 1.33 bits per heavy atom. The van der Waals surface area contributed by atoms with Crippen molar-refractivity contribution in [1.29, 1.82) is 0 Å². The average molecular weight is 309 g/mol. The number of fused-ring (bicyclic) bond motifs is 1. The van der Waals surface area contributed by atoms with E-state index in [1.54, 1.807) is 14.0 Å². The van der Waals surface area contributed by atoms with E-state index in [0.717, 1.165) is 0 Å². The molecule has 1 amide bonds. The topological polar surface area (TPSA) is 46.9 Å². The number of carbonyl (C=O) groups excluding carboxylic acids is 1. The van der Waals surface area contributed by atoms with Crippen LogP contribution in [0.25, 0.3) is 0 Å². The summed E-state index contributed by atoms with van der Waals surface area (Å²) in [6, 6.07) is 3.78. The summed E-state index contributed by atoms with van der Waals surface area (Å²) < 4.78 is 29.8. The lowest BCUT2D eigenvalue weighted by atomic mass is 10.0. The number of carbonyl (C=O) groups is 1. The molecule has 0 saturated carbocycles. The van der Waals surface area contributed by atoms with Gasteiger partial charge in [0, 0.05) is 18.2 Å². The van der Waals surface area contributed by atoms with Crippen molar-refractivity contribution < 1.29 is 13.6 Å². The standard InChI is InChI=1S/C14H13F2N3OS/c1-7-11-13(12-8(15)4-3-5-9(12)16)21-6-10(20)17-14(11)19(2)18-7/h3-5,13H,6H2,1-2H3,(H,17,20)/t13-/m1/s1. The second kappa shape index (κ2) is 5.14. The summed E-state index contributed by atoms with van der Waals surface area (Å²) in [6.45, 7) is 1.77. The molecule has 1 aliphatic heterocycles. The van der Waals surface area contributed by atoms with Crippen molar-refractivity contribution in [1.82, 2.24) is 9.78 Å². The first-order valence-electron chi connectivity index (χ1n) is 6.38. The second-order valence-corrected chi connectivity index (χ2v) is 5.94. The maximum atomic E-state index is 14.1. The van der Waals surface area contributed by atoms with Gasteiger partial charge in [-0.15, -0.1) is 11.8 Å². The molecule has 7 heteroatoms. The highest BCUT2D eigenvalue weighted by Gasteiger charge is 2.32. The van der Waals surface area contributed by atoms with Crippen LogP contribution in [0.2, 0.25) is 0 Å². The number of nitrogens with zero attached hydrogens (tertiary/aromatic N) is 2. The van der Waals surface area contributed by atoms with Gasteiger partial charge in [-0.2, -0.15) is 5.10 Å². The Balaban J connectivity index is 2.22. The Morgan fingerprint density at radius 3 is 2.67 bits per heavy atom. The summed E-state index contributed by atoms with van der Waals surface area (Å²) in [5.41, 5.74) is 1.27. The molecule has 1 aromatic heterocycles. The van der Waals surface area contributed by atoms with Crippen molar-refractivity contribution in [3.05, 3.63) is 46.7 Å². The van der Waals surface area contributed by atoms with Crippen LogP contribution in [0.15, 0.2) is 18.2 Å². The monoisotopic (exact) mass is 309 g/mol. The molecule has 0 saturated heterocycles. The van der Waals surface area contributed by atoms with E-state index in [1.165, 1.54) is 34.6 Å². The van der Waals surface area contributed by atoms with Crippen molar-refractivity contribution in [2.45, 2.75) is 12.2 Å². The first kappa shape index (κ1) is 14.1. The van der Waals surface area contributed by atoms with E-state index < -0.39 is 16.9 Å². The van der Waals surface area contributed by atoms with Crippen LogP contribution >= 0.6 is 11.8 Å². The fraction of sp³-hybridized carbons (Fsp3) is 0.286. The quantitative estimate of drug-likeness (QED) is 0.881. The number of amides is 1. The lowest BCUT2D eigenvalue weighted by Gasteiger charge is -2.16. The fourth-order valence-corrected chi connectivity index (χ4v) is 3.77. The van der Waals surface area contributed by atoms with E-state index in [1.807, 2.05) is 0 Å². The number of aromatic nitrogens is 2. The van der Waals surface area contributed by atoms with E-state index in [9.17, 15) is 13.6 Å². The zero-order valence-corrected chi connectivity index (χ0v) is 12.3. The molecule has 21 heavy (non-hydrogen) atoms. The van der Waals surface area contributed by atoms with Crippen LogP contribution in [0.1, 0.15) is 22.1 Å². The molecule has 1 aliphatic rings. The van der Waals surface area contributed by atoms with Gasteiger partial charge < -0.3 is 5.32 Å². The van der Waals surface area contributed by atoms with E-state index in [4.69, 9.17) is 0 Å². The van der Waals surface area contributed by atoms with Gasteiger partial charge in [0.15, 0.2) is 0 Å². The molecular formula is C14H13F2N3OS. The van der Waals surface area contributed by atoms with Crippen molar-refractivity contribution >= 4 is 23.5 Å². The number of hydrogen-bond donors (Lipinski definition) is 1. The van der Waals surface area contributed by atoms with E-state index in [2.05, 4.69) is 10.4 Å². The third-order valence-corrected chi connectivity index (χ3v) is 4.67. The van der Waals surface area contributed by atoms with Gasteiger partial charge in [-0.3, -0.25) is 9.48 Å². The predicted molar refractivity (Wildman–Crippen MR) is 77.2 cm³/mol. The zero-order valence-electron chi connectivity index (χ0n) is 11.5. The number of aryl methyl sites for hydroxylation is 2. The van der Waals surface area contributed by atoms with E-state index in [-0.39, 0.29) is 17.2 Å². The number of halogens is 2. The van der Waals surface area contributed by atoms with Crippen LogP contribution in [0.5, 0.6) is 0 Å². The summed E-state index contributed by atoms with van der Waals surface area (Å²) in [5.74, 6) is -0.808. The van der Waals surface area contributed by atoms with Gasteiger partial charge in [-0.05, 0) is 19.1 Å². The summed E-state index contributed by atoms with van der Waals surface area (Å²) in [5, 5.41) is 6.39. The Morgan fingerprint density at radius 2 is 2.00 bits per heavy atom. The lowest BCUT2D eigenvalue weighted by Crippen LogP contribution is -2.15. The molecule has 2 aromatic rings.